The van der Waals surface area contributed by atoms with Crippen LogP contribution < -0.4 is 5.32 Å². The molecule has 0 fully saturated rings. The van der Waals surface area contributed by atoms with Gasteiger partial charge in [-0.1, -0.05) is 19.4 Å². The number of benzene rings is 1. The van der Waals surface area contributed by atoms with Gasteiger partial charge in [-0.25, -0.2) is 8.78 Å². The normalized spacial score (nSPS) is 12.6. The van der Waals surface area contributed by atoms with E-state index in [1.165, 1.54) is 6.07 Å². The number of hydrogen-bond donors (Lipinski definition) is 2. The fourth-order valence-electron chi connectivity index (χ4n) is 1.82. The third-order valence-corrected chi connectivity index (χ3v) is 2.96. The predicted octanol–water partition coefficient (Wildman–Crippen LogP) is 2.79. The molecule has 0 radical (unpaired) electrons. The summed E-state index contributed by atoms with van der Waals surface area (Å²) in [5.74, 6) is -1.44. The first kappa shape index (κ1) is 17.0. The SMILES string of the molecule is CCCCOCCCNCC(O)c1c(F)cccc1F. The van der Waals surface area contributed by atoms with Crippen LogP contribution in [0.15, 0.2) is 18.2 Å². The van der Waals surface area contributed by atoms with E-state index in [1.54, 1.807) is 0 Å². The first-order chi connectivity index (χ1) is 9.66. The van der Waals surface area contributed by atoms with Gasteiger partial charge in [-0.15, -0.1) is 0 Å². The highest BCUT2D eigenvalue weighted by Gasteiger charge is 2.16. The fourth-order valence-corrected chi connectivity index (χ4v) is 1.82. The van der Waals surface area contributed by atoms with Gasteiger partial charge in [-0.2, -0.15) is 0 Å². The Morgan fingerprint density at radius 1 is 1.20 bits per heavy atom. The number of aliphatic hydroxyl groups is 1. The van der Waals surface area contributed by atoms with Crippen molar-refractivity contribution in [3.63, 3.8) is 0 Å². The summed E-state index contributed by atoms with van der Waals surface area (Å²) in [5.41, 5.74) is -0.279. The Hall–Kier alpha value is -1.04. The van der Waals surface area contributed by atoms with Crippen molar-refractivity contribution in [1.82, 2.24) is 5.32 Å². The molecule has 0 aromatic heterocycles. The summed E-state index contributed by atoms with van der Waals surface area (Å²) in [6, 6.07) is 3.56. The van der Waals surface area contributed by atoms with Crippen LogP contribution in [0.3, 0.4) is 0 Å². The van der Waals surface area contributed by atoms with Crippen molar-refractivity contribution in [3.05, 3.63) is 35.4 Å². The lowest BCUT2D eigenvalue weighted by atomic mass is 10.1. The Morgan fingerprint density at radius 2 is 1.85 bits per heavy atom. The molecule has 1 unspecified atom stereocenters. The highest BCUT2D eigenvalue weighted by molar-refractivity contribution is 5.22. The van der Waals surface area contributed by atoms with Gasteiger partial charge in [0.25, 0.3) is 0 Å². The van der Waals surface area contributed by atoms with Crippen LogP contribution in [0.25, 0.3) is 0 Å². The molecular weight excluding hydrogens is 264 g/mol. The molecule has 2 N–H and O–H groups in total. The molecule has 5 heteroatoms. The van der Waals surface area contributed by atoms with E-state index in [2.05, 4.69) is 12.2 Å². The first-order valence-electron chi connectivity index (χ1n) is 7.07. The number of nitrogens with one attached hydrogen (secondary N) is 1. The molecule has 20 heavy (non-hydrogen) atoms. The molecule has 114 valence electrons. The van der Waals surface area contributed by atoms with E-state index in [-0.39, 0.29) is 12.1 Å². The van der Waals surface area contributed by atoms with Crippen LogP contribution in [0.2, 0.25) is 0 Å². The van der Waals surface area contributed by atoms with E-state index in [4.69, 9.17) is 4.74 Å². The van der Waals surface area contributed by atoms with Gasteiger partial charge < -0.3 is 15.2 Å². The van der Waals surface area contributed by atoms with E-state index in [0.717, 1.165) is 38.0 Å². The van der Waals surface area contributed by atoms with E-state index < -0.39 is 17.7 Å². The Bertz CT molecular complexity index is 368. The van der Waals surface area contributed by atoms with E-state index in [9.17, 15) is 13.9 Å². The molecule has 1 rings (SSSR count). The topological polar surface area (TPSA) is 41.5 Å². The molecule has 1 aromatic rings. The van der Waals surface area contributed by atoms with Crippen molar-refractivity contribution in [2.45, 2.75) is 32.3 Å². The molecule has 0 aliphatic heterocycles. The molecule has 0 aliphatic carbocycles. The number of rotatable bonds is 10. The molecule has 3 nitrogen and oxygen atoms in total. The average Bonchev–Trinajstić information content (AvgIpc) is 2.41. The standard InChI is InChI=1S/C15H23F2NO2/c1-2-3-9-20-10-5-8-18-11-14(19)15-12(16)6-4-7-13(15)17/h4,6-7,14,18-19H,2-3,5,8-11H2,1H3. The number of ether oxygens (including phenoxy) is 1. The summed E-state index contributed by atoms with van der Waals surface area (Å²) in [7, 11) is 0. The zero-order valence-electron chi connectivity index (χ0n) is 11.9. The quantitative estimate of drug-likeness (QED) is 0.650. The van der Waals surface area contributed by atoms with Gasteiger partial charge >= 0.3 is 0 Å². The monoisotopic (exact) mass is 287 g/mol. The van der Waals surface area contributed by atoms with Crippen LogP contribution in [0.1, 0.15) is 37.9 Å². The van der Waals surface area contributed by atoms with Crippen LogP contribution in [0.4, 0.5) is 8.78 Å². The largest absolute Gasteiger partial charge is 0.387 e. The second-order valence-electron chi connectivity index (χ2n) is 4.67. The zero-order chi connectivity index (χ0) is 14.8. The maximum absolute atomic E-state index is 13.4. The molecule has 0 spiro atoms. The second-order valence-corrected chi connectivity index (χ2v) is 4.67. The van der Waals surface area contributed by atoms with Crippen LogP contribution in [0, 0.1) is 11.6 Å². The van der Waals surface area contributed by atoms with Crippen LogP contribution >= 0.6 is 0 Å². The minimum atomic E-state index is -1.18. The van der Waals surface area contributed by atoms with Crippen molar-refractivity contribution in [2.75, 3.05) is 26.3 Å². The summed E-state index contributed by atoms with van der Waals surface area (Å²) in [6.45, 7) is 4.27. The highest BCUT2D eigenvalue weighted by atomic mass is 19.1. The molecule has 0 aliphatic rings. The lowest BCUT2D eigenvalue weighted by Gasteiger charge is -2.13. The van der Waals surface area contributed by atoms with Gasteiger partial charge in [0.15, 0.2) is 0 Å². The Kier molecular flexibility index (Phi) is 8.34. The number of halogens is 2. The molecule has 1 aromatic carbocycles. The van der Waals surface area contributed by atoms with Crippen LogP contribution in [0.5, 0.6) is 0 Å². The summed E-state index contributed by atoms with van der Waals surface area (Å²) in [5, 5.41) is 12.7. The third kappa shape index (κ3) is 5.94. The fraction of sp³-hybridized carbons (Fsp3) is 0.600. The van der Waals surface area contributed by atoms with Crippen LogP contribution in [-0.4, -0.2) is 31.4 Å². The molecule has 1 atom stereocenters. The smallest absolute Gasteiger partial charge is 0.131 e. The molecule has 0 heterocycles. The summed E-state index contributed by atoms with van der Waals surface area (Å²) >= 11 is 0. The van der Waals surface area contributed by atoms with Gasteiger partial charge in [0, 0.05) is 19.8 Å². The van der Waals surface area contributed by atoms with Gasteiger partial charge in [0.1, 0.15) is 11.6 Å². The maximum atomic E-state index is 13.4. The van der Waals surface area contributed by atoms with Crippen molar-refractivity contribution < 1.29 is 18.6 Å². The predicted molar refractivity (Wildman–Crippen MR) is 74.5 cm³/mol. The zero-order valence-corrected chi connectivity index (χ0v) is 11.9. The van der Waals surface area contributed by atoms with E-state index in [0.29, 0.717) is 13.2 Å². The molecule has 0 saturated heterocycles. The summed E-state index contributed by atoms with van der Waals surface area (Å²) < 4.78 is 32.2. The summed E-state index contributed by atoms with van der Waals surface area (Å²) in [4.78, 5) is 0. The Balaban J connectivity index is 2.19. The minimum Gasteiger partial charge on any atom is -0.387 e. The van der Waals surface area contributed by atoms with Crippen LogP contribution in [-0.2, 0) is 4.74 Å². The summed E-state index contributed by atoms with van der Waals surface area (Å²) in [6.07, 6.45) is 1.78. The lowest BCUT2D eigenvalue weighted by molar-refractivity contribution is 0.126. The number of hydrogen-bond acceptors (Lipinski definition) is 3. The Labute approximate surface area is 119 Å². The second kappa shape index (κ2) is 9.80. The van der Waals surface area contributed by atoms with Gasteiger partial charge in [-0.3, -0.25) is 0 Å². The van der Waals surface area contributed by atoms with E-state index >= 15 is 0 Å². The van der Waals surface area contributed by atoms with E-state index in [1.807, 2.05) is 0 Å². The third-order valence-electron chi connectivity index (χ3n) is 2.96. The van der Waals surface area contributed by atoms with Gasteiger partial charge in [0.05, 0.1) is 11.7 Å². The van der Waals surface area contributed by atoms with Gasteiger partial charge in [0.2, 0.25) is 0 Å². The highest BCUT2D eigenvalue weighted by Crippen LogP contribution is 2.19. The van der Waals surface area contributed by atoms with Crippen molar-refractivity contribution in [1.29, 1.82) is 0 Å². The molecular formula is C15H23F2NO2. The first-order valence-corrected chi connectivity index (χ1v) is 7.07. The van der Waals surface area contributed by atoms with Crippen molar-refractivity contribution >= 4 is 0 Å². The maximum Gasteiger partial charge on any atom is 0.131 e. The van der Waals surface area contributed by atoms with Gasteiger partial charge in [-0.05, 0) is 31.5 Å². The lowest BCUT2D eigenvalue weighted by Crippen LogP contribution is -2.24. The van der Waals surface area contributed by atoms with Crippen molar-refractivity contribution in [3.8, 4) is 0 Å². The molecule has 0 saturated carbocycles. The van der Waals surface area contributed by atoms with Crippen molar-refractivity contribution in [2.24, 2.45) is 0 Å². The Morgan fingerprint density at radius 3 is 2.50 bits per heavy atom. The molecule has 0 amide bonds. The number of aliphatic hydroxyl groups excluding tert-OH is 1. The number of unbranched alkanes of at least 4 members (excludes halogenated alkanes) is 1. The molecule has 0 bridgehead atoms. The minimum absolute atomic E-state index is 0.118. The average molecular weight is 287 g/mol.